The van der Waals surface area contributed by atoms with Gasteiger partial charge in [-0.05, 0) is 39.3 Å². The number of hydrogen-bond acceptors (Lipinski definition) is 3. The molecule has 0 aliphatic carbocycles. The number of amides is 1. The second-order valence-corrected chi connectivity index (χ2v) is 5.13. The molecule has 2 unspecified atom stereocenters. The number of nitrogens with zero attached hydrogens (tertiary/aromatic N) is 2. The Labute approximate surface area is 101 Å². The lowest BCUT2D eigenvalue weighted by molar-refractivity contribution is -0.153. The van der Waals surface area contributed by atoms with E-state index in [4.69, 9.17) is 5.11 Å². The van der Waals surface area contributed by atoms with Crippen LogP contribution in [0.1, 0.15) is 25.7 Å². The highest BCUT2D eigenvalue weighted by Crippen LogP contribution is 2.23. The number of carboxylic acids is 1. The molecule has 2 fully saturated rings. The summed E-state index contributed by atoms with van der Waals surface area (Å²) in [6.45, 7) is 2.31. The molecule has 2 aliphatic heterocycles. The molecule has 0 radical (unpaired) electrons. The molecule has 0 aromatic rings. The third kappa shape index (κ3) is 2.60. The van der Waals surface area contributed by atoms with E-state index in [1.54, 1.807) is 4.90 Å². The van der Waals surface area contributed by atoms with Crippen molar-refractivity contribution >= 4 is 11.9 Å². The predicted molar refractivity (Wildman–Crippen MR) is 62.6 cm³/mol. The van der Waals surface area contributed by atoms with Crippen LogP contribution in [0.2, 0.25) is 0 Å². The van der Waals surface area contributed by atoms with Gasteiger partial charge in [-0.25, -0.2) is 4.79 Å². The molecule has 96 valence electrons. The van der Waals surface area contributed by atoms with E-state index in [-0.39, 0.29) is 11.8 Å². The Morgan fingerprint density at radius 2 is 1.94 bits per heavy atom. The normalized spacial score (nSPS) is 30.5. The number of hydrogen-bond donors (Lipinski definition) is 1. The van der Waals surface area contributed by atoms with Crippen LogP contribution in [0, 0.1) is 5.92 Å². The van der Waals surface area contributed by atoms with Gasteiger partial charge in [0.05, 0.1) is 5.92 Å². The summed E-state index contributed by atoms with van der Waals surface area (Å²) in [6, 6.07) is -0.595. The van der Waals surface area contributed by atoms with Crippen LogP contribution >= 0.6 is 0 Å². The largest absolute Gasteiger partial charge is 0.480 e. The van der Waals surface area contributed by atoms with E-state index >= 15 is 0 Å². The van der Waals surface area contributed by atoms with Gasteiger partial charge in [0.1, 0.15) is 6.04 Å². The smallest absolute Gasteiger partial charge is 0.326 e. The number of carboxylic acid groups (broad SMARTS) is 1. The van der Waals surface area contributed by atoms with Gasteiger partial charge in [-0.3, -0.25) is 4.79 Å². The third-order valence-electron chi connectivity index (χ3n) is 3.81. The van der Waals surface area contributed by atoms with Gasteiger partial charge in [-0.15, -0.1) is 0 Å². The Morgan fingerprint density at radius 1 is 1.18 bits per heavy atom. The maximum Gasteiger partial charge on any atom is 0.326 e. The first kappa shape index (κ1) is 12.4. The minimum atomic E-state index is -0.857. The Bertz CT molecular complexity index is 319. The van der Waals surface area contributed by atoms with E-state index in [9.17, 15) is 9.59 Å². The number of carbonyl (C=O) groups is 2. The molecular weight excluding hydrogens is 220 g/mol. The second-order valence-electron chi connectivity index (χ2n) is 5.13. The quantitative estimate of drug-likeness (QED) is 0.759. The Kier molecular flexibility index (Phi) is 3.66. The maximum atomic E-state index is 12.3. The fourth-order valence-corrected chi connectivity index (χ4v) is 2.82. The van der Waals surface area contributed by atoms with Crippen LogP contribution in [-0.4, -0.2) is 59.5 Å². The third-order valence-corrected chi connectivity index (χ3v) is 3.81. The molecule has 2 atom stereocenters. The highest BCUT2D eigenvalue weighted by atomic mass is 16.4. The summed E-state index contributed by atoms with van der Waals surface area (Å²) < 4.78 is 0. The van der Waals surface area contributed by atoms with Crippen molar-refractivity contribution in [1.29, 1.82) is 0 Å². The molecule has 5 nitrogen and oxygen atoms in total. The fourth-order valence-electron chi connectivity index (χ4n) is 2.82. The molecular formula is C12H20N2O3. The monoisotopic (exact) mass is 240 g/mol. The molecule has 5 heteroatoms. The first-order chi connectivity index (χ1) is 8.09. The molecule has 2 rings (SSSR count). The van der Waals surface area contributed by atoms with Crippen LogP contribution in [0.4, 0.5) is 0 Å². The summed E-state index contributed by atoms with van der Waals surface area (Å²) in [5, 5.41) is 9.15. The van der Waals surface area contributed by atoms with E-state index in [0.717, 1.165) is 32.4 Å². The van der Waals surface area contributed by atoms with E-state index in [0.29, 0.717) is 13.0 Å². The number of piperidine rings is 1. The molecule has 2 heterocycles. The minimum absolute atomic E-state index is 0.0000463. The van der Waals surface area contributed by atoms with Gasteiger partial charge in [0.15, 0.2) is 0 Å². The first-order valence-corrected chi connectivity index (χ1v) is 6.31. The summed E-state index contributed by atoms with van der Waals surface area (Å²) in [4.78, 5) is 27.2. The zero-order valence-corrected chi connectivity index (χ0v) is 10.3. The lowest BCUT2D eigenvalue weighted by Gasteiger charge is -2.34. The summed E-state index contributed by atoms with van der Waals surface area (Å²) in [5.74, 6) is -0.814. The second kappa shape index (κ2) is 5.04. The molecule has 2 saturated heterocycles. The van der Waals surface area contributed by atoms with Crippen LogP contribution in [0.25, 0.3) is 0 Å². The molecule has 0 aromatic carbocycles. The van der Waals surface area contributed by atoms with Crippen molar-refractivity contribution in [2.75, 3.05) is 26.7 Å². The van der Waals surface area contributed by atoms with Gasteiger partial charge in [-0.1, -0.05) is 0 Å². The lowest BCUT2D eigenvalue weighted by Crippen LogP contribution is -2.50. The standard InChI is InChI=1S/C12H20N2O3/c1-13-7-5-9(8-13)11(15)14-6-3-2-4-10(14)12(16)17/h9-10H,2-8H2,1H3,(H,16,17). The molecule has 17 heavy (non-hydrogen) atoms. The zero-order valence-electron chi connectivity index (χ0n) is 10.3. The van der Waals surface area contributed by atoms with Crippen LogP contribution in [0.5, 0.6) is 0 Å². The van der Waals surface area contributed by atoms with Gasteiger partial charge in [0.25, 0.3) is 0 Å². The number of rotatable bonds is 2. The van der Waals surface area contributed by atoms with Gasteiger partial charge in [0.2, 0.25) is 5.91 Å². The summed E-state index contributed by atoms with van der Waals surface area (Å²) in [6.07, 6.45) is 3.30. The summed E-state index contributed by atoms with van der Waals surface area (Å²) >= 11 is 0. The summed E-state index contributed by atoms with van der Waals surface area (Å²) in [5.41, 5.74) is 0. The van der Waals surface area contributed by atoms with Crippen molar-refractivity contribution in [3.05, 3.63) is 0 Å². The van der Waals surface area contributed by atoms with Crippen molar-refractivity contribution < 1.29 is 14.7 Å². The molecule has 0 saturated carbocycles. The van der Waals surface area contributed by atoms with Gasteiger partial charge in [-0.2, -0.15) is 0 Å². The van der Waals surface area contributed by atoms with Crippen LogP contribution < -0.4 is 0 Å². The molecule has 0 bridgehead atoms. The SMILES string of the molecule is CN1CCC(C(=O)N2CCCCC2C(=O)O)C1. The van der Waals surface area contributed by atoms with Crippen LogP contribution in [0.15, 0.2) is 0 Å². The number of aliphatic carboxylic acids is 1. The van der Waals surface area contributed by atoms with E-state index in [1.165, 1.54) is 0 Å². The Morgan fingerprint density at radius 3 is 2.53 bits per heavy atom. The predicted octanol–water partition coefficient (Wildman–Crippen LogP) is 0.404. The Hall–Kier alpha value is -1.10. The highest BCUT2D eigenvalue weighted by molar-refractivity contribution is 5.85. The van der Waals surface area contributed by atoms with Crippen molar-refractivity contribution in [3.63, 3.8) is 0 Å². The van der Waals surface area contributed by atoms with Crippen molar-refractivity contribution in [3.8, 4) is 0 Å². The maximum absolute atomic E-state index is 12.3. The average molecular weight is 240 g/mol. The van der Waals surface area contributed by atoms with Gasteiger partial charge >= 0.3 is 5.97 Å². The molecule has 1 N–H and O–H groups in total. The minimum Gasteiger partial charge on any atom is -0.480 e. The fraction of sp³-hybridized carbons (Fsp3) is 0.833. The van der Waals surface area contributed by atoms with E-state index in [1.807, 2.05) is 7.05 Å². The first-order valence-electron chi connectivity index (χ1n) is 6.31. The lowest BCUT2D eigenvalue weighted by atomic mass is 9.98. The van der Waals surface area contributed by atoms with Gasteiger partial charge in [0, 0.05) is 13.1 Å². The zero-order chi connectivity index (χ0) is 12.4. The molecule has 0 spiro atoms. The van der Waals surface area contributed by atoms with Crippen molar-refractivity contribution in [2.45, 2.75) is 31.7 Å². The molecule has 2 aliphatic rings. The summed E-state index contributed by atoms with van der Waals surface area (Å²) in [7, 11) is 2.00. The topological polar surface area (TPSA) is 60.9 Å². The van der Waals surface area contributed by atoms with Crippen LogP contribution in [0.3, 0.4) is 0 Å². The van der Waals surface area contributed by atoms with Crippen LogP contribution in [-0.2, 0) is 9.59 Å². The Balaban J connectivity index is 2.03. The van der Waals surface area contributed by atoms with Crippen molar-refractivity contribution in [1.82, 2.24) is 9.80 Å². The highest BCUT2D eigenvalue weighted by Gasteiger charge is 2.37. The molecule has 1 amide bonds. The van der Waals surface area contributed by atoms with E-state index < -0.39 is 12.0 Å². The van der Waals surface area contributed by atoms with Gasteiger partial charge < -0.3 is 14.9 Å². The average Bonchev–Trinajstić information content (AvgIpc) is 2.75. The number of carbonyl (C=O) groups excluding carboxylic acids is 1. The molecule has 0 aromatic heterocycles. The number of likely N-dealkylation sites (tertiary alicyclic amines) is 2. The van der Waals surface area contributed by atoms with Crippen molar-refractivity contribution in [2.24, 2.45) is 5.92 Å². The van der Waals surface area contributed by atoms with E-state index in [2.05, 4.69) is 4.90 Å².